The average Bonchev–Trinajstić information content (AvgIpc) is 3.26. The van der Waals surface area contributed by atoms with Gasteiger partial charge in [-0.2, -0.15) is 22.0 Å². The van der Waals surface area contributed by atoms with Crippen molar-refractivity contribution in [2.24, 2.45) is 5.16 Å². The second-order valence-electron chi connectivity index (χ2n) is 10.2. The molecule has 4 rings (SSSR count). The minimum atomic E-state index is -5.83. The largest absolute Gasteiger partial charge is 0.462 e. The first-order valence-corrected chi connectivity index (χ1v) is 13.4. The van der Waals surface area contributed by atoms with E-state index in [1.807, 2.05) is 24.3 Å². The van der Waals surface area contributed by atoms with Crippen LogP contribution in [-0.4, -0.2) is 42.2 Å². The van der Waals surface area contributed by atoms with Gasteiger partial charge in [0.05, 0.1) is 13.2 Å². The van der Waals surface area contributed by atoms with Crippen LogP contribution in [0.1, 0.15) is 46.2 Å². The number of fused-ring (bicyclic) bond motifs is 3. The van der Waals surface area contributed by atoms with Gasteiger partial charge in [0.2, 0.25) is 0 Å². The number of aryl methyl sites for hydroxylation is 1. The van der Waals surface area contributed by atoms with Crippen LogP contribution < -0.4 is 0 Å². The number of carbonyl (C=O) groups excluding carboxylic acids is 2. The Hall–Kier alpha value is -4.80. The molecule has 1 N–H and O–H groups in total. The van der Waals surface area contributed by atoms with Crippen LogP contribution in [0.2, 0.25) is 0 Å². The molecule has 1 aliphatic carbocycles. The fourth-order valence-corrected chi connectivity index (χ4v) is 5.54. The van der Waals surface area contributed by atoms with Crippen LogP contribution in [-0.2, 0) is 30.4 Å². The van der Waals surface area contributed by atoms with Crippen LogP contribution in [0.3, 0.4) is 0 Å². The molecule has 0 bridgehead atoms. The molecule has 0 saturated carbocycles. The van der Waals surface area contributed by atoms with Crippen molar-refractivity contribution in [1.82, 2.24) is 0 Å². The minimum Gasteiger partial charge on any atom is -0.462 e. The summed E-state index contributed by atoms with van der Waals surface area (Å²) >= 11 is 0. The van der Waals surface area contributed by atoms with Crippen molar-refractivity contribution in [1.29, 1.82) is 0 Å². The number of alkyl halides is 5. The van der Waals surface area contributed by atoms with Crippen molar-refractivity contribution < 1.29 is 46.2 Å². The lowest BCUT2D eigenvalue weighted by Gasteiger charge is -2.32. The predicted molar refractivity (Wildman–Crippen MR) is 153 cm³/mol. The molecular formula is C33H28F5NO5. The number of halogens is 5. The van der Waals surface area contributed by atoms with Crippen LogP contribution in [0.5, 0.6) is 0 Å². The van der Waals surface area contributed by atoms with E-state index in [1.165, 1.54) is 6.92 Å². The molecule has 3 aromatic rings. The van der Waals surface area contributed by atoms with Crippen LogP contribution in [0, 0.1) is 6.92 Å². The number of hydrogen-bond donors (Lipinski definition) is 1. The highest BCUT2D eigenvalue weighted by Crippen LogP contribution is 2.53. The maximum Gasteiger partial charge on any atom is 0.458 e. The summed E-state index contributed by atoms with van der Waals surface area (Å²) < 4.78 is 78.7. The van der Waals surface area contributed by atoms with Gasteiger partial charge in [-0.3, -0.25) is 0 Å². The Bertz CT molecular complexity index is 1620. The molecule has 0 aliphatic heterocycles. The summed E-state index contributed by atoms with van der Waals surface area (Å²) in [5.74, 6) is -6.42. The number of carbonyl (C=O) groups is 2. The van der Waals surface area contributed by atoms with E-state index in [2.05, 4.69) is 18.3 Å². The third-order valence-electron chi connectivity index (χ3n) is 7.73. The fraction of sp³-hybridized carbons (Fsp3) is 0.242. The molecular weight excluding hydrogens is 585 g/mol. The number of benzene rings is 3. The van der Waals surface area contributed by atoms with Gasteiger partial charge in [0, 0.05) is 34.3 Å². The third kappa shape index (κ3) is 5.86. The maximum absolute atomic E-state index is 14.3. The predicted octanol–water partition coefficient (Wildman–Crippen LogP) is 7.38. The van der Waals surface area contributed by atoms with E-state index < -0.39 is 35.0 Å². The van der Waals surface area contributed by atoms with E-state index in [0.29, 0.717) is 23.3 Å². The van der Waals surface area contributed by atoms with Gasteiger partial charge in [-0.05, 0) is 59.7 Å². The highest BCUT2D eigenvalue weighted by atomic mass is 19.4. The summed E-state index contributed by atoms with van der Waals surface area (Å²) in [5.41, 5.74) is 1.05. The van der Waals surface area contributed by atoms with Crippen LogP contribution in [0.25, 0.3) is 11.1 Å². The van der Waals surface area contributed by atoms with Gasteiger partial charge in [0.25, 0.3) is 0 Å². The molecule has 0 heterocycles. The van der Waals surface area contributed by atoms with Crippen molar-refractivity contribution in [3.8, 4) is 11.1 Å². The van der Waals surface area contributed by atoms with Crippen LogP contribution >= 0.6 is 0 Å². The Balaban J connectivity index is 1.87. The van der Waals surface area contributed by atoms with Crippen molar-refractivity contribution in [2.75, 3.05) is 13.2 Å². The van der Waals surface area contributed by atoms with Gasteiger partial charge in [0.15, 0.2) is 0 Å². The lowest BCUT2D eigenvalue weighted by Crippen LogP contribution is -2.33. The van der Waals surface area contributed by atoms with E-state index in [9.17, 15) is 36.7 Å². The molecule has 0 unspecified atom stereocenters. The lowest BCUT2D eigenvalue weighted by atomic mass is 9.72. The highest BCUT2D eigenvalue weighted by Gasteiger charge is 2.58. The Morgan fingerprint density at radius 1 is 0.864 bits per heavy atom. The topological polar surface area (TPSA) is 85.2 Å². The second-order valence-corrected chi connectivity index (χ2v) is 10.2. The Morgan fingerprint density at radius 3 is 2.02 bits per heavy atom. The molecule has 1 aliphatic rings. The molecule has 3 aromatic carbocycles. The fourth-order valence-electron chi connectivity index (χ4n) is 5.54. The summed E-state index contributed by atoms with van der Waals surface area (Å²) in [6.07, 6.45) is -3.34. The molecule has 0 radical (unpaired) electrons. The zero-order valence-corrected chi connectivity index (χ0v) is 23.6. The summed E-state index contributed by atoms with van der Waals surface area (Å²) in [7, 11) is 0. The molecule has 0 aromatic heterocycles. The summed E-state index contributed by atoms with van der Waals surface area (Å²) in [6, 6.07) is 14.8. The van der Waals surface area contributed by atoms with Crippen molar-refractivity contribution >= 4 is 17.7 Å². The van der Waals surface area contributed by atoms with Crippen molar-refractivity contribution in [3.63, 3.8) is 0 Å². The Labute approximate surface area is 250 Å². The number of nitrogens with zero attached hydrogens (tertiary/aromatic N) is 1. The zero-order valence-electron chi connectivity index (χ0n) is 23.6. The molecule has 11 heteroatoms. The highest BCUT2D eigenvalue weighted by molar-refractivity contribution is 6.14. The first-order chi connectivity index (χ1) is 20.8. The SMILES string of the molecule is C=CC(=O)OCCC1(CCOC(=O)C=C)c2ccccc2-c2ccc(/C(=N/O)c3cc(C(F)(F)C(F)(F)F)ccc3C)cc21. The number of ether oxygens (including phenoxy) is 2. The molecule has 230 valence electrons. The van der Waals surface area contributed by atoms with E-state index in [1.54, 1.807) is 18.2 Å². The zero-order chi connectivity index (χ0) is 32.3. The van der Waals surface area contributed by atoms with Crippen LogP contribution in [0.15, 0.2) is 91.1 Å². The van der Waals surface area contributed by atoms with Crippen LogP contribution in [0.4, 0.5) is 22.0 Å². The van der Waals surface area contributed by atoms with Gasteiger partial charge in [-0.15, -0.1) is 0 Å². The van der Waals surface area contributed by atoms with Gasteiger partial charge >= 0.3 is 24.0 Å². The molecule has 0 saturated heterocycles. The normalized spacial score (nSPS) is 13.9. The number of hydrogen-bond acceptors (Lipinski definition) is 6. The average molecular weight is 614 g/mol. The Kier molecular flexibility index (Phi) is 9.08. The molecule has 0 fully saturated rings. The first kappa shape index (κ1) is 32.1. The number of esters is 2. The molecule has 6 nitrogen and oxygen atoms in total. The van der Waals surface area contributed by atoms with Crippen molar-refractivity contribution in [3.05, 3.63) is 119 Å². The number of rotatable bonds is 11. The van der Waals surface area contributed by atoms with E-state index in [-0.39, 0.29) is 42.9 Å². The number of oxime groups is 1. The summed E-state index contributed by atoms with van der Waals surface area (Å²) in [6.45, 7) is 8.20. The minimum absolute atomic E-state index is 0.0487. The standard InChI is InChI=1S/C33H28F5NO5/c1-4-28(40)43-16-14-31(15-17-44-29(41)5-2)26-9-7-6-8-23(26)24-13-11-21(18-27(24)31)30(39-42)25-19-22(12-10-20(25)3)32(34,35)33(36,37)38/h4-13,18-19,42H,1-2,14-17H2,3H3/b39-30-. The third-order valence-corrected chi connectivity index (χ3v) is 7.73. The quantitative estimate of drug-likeness (QED) is 0.0609. The van der Waals surface area contributed by atoms with Gasteiger partial charge in [-0.1, -0.05) is 66.8 Å². The molecule has 0 spiro atoms. The van der Waals surface area contributed by atoms with E-state index in [4.69, 9.17) is 9.47 Å². The monoisotopic (exact) mass is 613 g/mol. The first-order valence-electron chi connectivity index (χ1n) is 13.4. The van der Waals surface area contributed by atoms with E-state index >= 15 is 0 Å². The molecule has 44 heavy (non-hydrogen) atoms. The summed E-state index contributed by atoms with van der Waals surface area (Å²) in [4.78, 5) is 23.7. The molecule has 0 atom stereocenters. The maximum atomic E-state index is 14.3. The summed E-state index contributed by atoms with van der Waals surface area (Å²) in [5, 5.41) is 13.4. The van der Waals surface area contributed by atoms with Gasteiger partial charge in [0.1, 0.15) is 5.71 Å². The lowest BCUT2D eigenvalue weighted by molar-refractivity contribution is -0.289. The molecule has 0 amide bonds. The van der Waals surface area contributed by atoms with Crippen molar-refractivity contribution in [2.45, 2.75) is 37.3 Å². The second kappa shape index (κ2) is 12.4. The Morgan fingerprint density at radius 2 is 1.45 bits per heavy atom. The van der Waals surface area contributed by atoms with E-state index in [0.717, 1.165) is 34.9 Å². The van der Waals surface area contributed by atoms with Gasteiger partial charge < -0.3 is 14.7 Å². The smallest absolute Gasteiger partial charge is 0.458 e. The van der Waals surface area contributed by atoms with Gasteiger partial charge in [-0.25, -0.2) is 9.59 Å².